The summed E-state index contributed by atoms with van der Waals surface area (Å²) in [4.78, 5) is 47.5. The first-order chi connectivity index (χ1) is 11.9. The molecule has 1 aliphatic heterocycles. The van der Waals surface area contributed by atoms with Crippen molar-refractivity contribution in [2.24, 2.45) is 0 Å². The van der Waals surface area contributed by atoms with E-state index in [0.29, 0.717) is 6.42 Å². The summed E-state index contributed by atoms with van der Waals surface area (Å²) in [6.45, 7) is 1.47. The van der Waals surface area contributed by atoms with Gasteiger partial charge in [-0.05, 0) is 12.5 Å². The van der Waals surface area contributed by atoms with Crippen molar-refractivity contribution in [3.05, 3.63) is 35.9 Å². The molecule has 1 aromatic carbocycles. The van der Waals surface area contributed by atoms with E-state index in [9.17, 15) is 19.2 Å². The van der Waals surface area contributed by atoms with Crippen LogP contribution in [0.4, 0.5) is 0 Å². The molecule has 0 saturated carbocycles. The fourth-order valence-electron chi connectivity index (χ4n) is 2.53. The molecule has 0 unspecified atom stereocenters. The van der Waals surface area contributed by atoms with Crippen LogP contribution in [0.25, 0.3) is 0 Å². The number of carbonyl (C=O) groups excluding carboxylic acids is 4. The van der Waals surface area contributed by atoms with Gasteiger partial charge in [0.15, 0.2) is 0 Å². The van der Waals surface area contributed by atoms with E-state index < -0.39 is 35.9 Å². The molecule has 0 spiro atoms. The van der Waals surface area contributed by atoms with Gasteiger partial charge in [0, 0.05) is 6.42 Å². The second-order valence-electron chi connectivity index (χ2n) is 5.83. The molecule has 1 aromatic rings. The van der Waals surface area contributed by atoms with Gasteiger partial charge in [0.25, 0.3) is 0 Å². The van der Waals surface area contributed by atoms with Crippen LogP contribution >= 0.6 is 0 Å². The van der Waals surface area contributed by atoms with Crippen LogP contribution < -0.4 is 16.0 Å². The molecule has 2 rings (SSSR count). The van der Waals surface area contributed by atoms with Gasteiger partial charge < -0.3 is 20.7 Å². The van der Waals surface area contributed by atoms with Gasteiger partial charge >= 0.3 is 5.97 Å². The zero-order valence-electron chi connectivity index (χ0n) is 14.1. The zero-order chi connectivity index (χ0) is 18.4. The topological polar surface area (TPSA) is 114 Å². The third-order valence-electron chi connectivity index (χ3n) is 3.87. The summed E-state index contributed by atoms with van der Waals surface area (Å²) in [6, 6.07) is 6.84. The Hall–Kier alpha value is -2.90. The molecular formula is C17H21N3O5. The van der Waals surface area contributed by atoms with Crippen LogP contribution in [0.2, 0.25) is 0 Å². The Balaban J connectivity index is 1.89. The van der Waals surface area contributed by atoms with Crippen molar-refractivity contribution in [2.75, 3.05) is 7.11 Å². The highest BCUT2D eigenvalue weighted by atomic mass is 16.5. The van der Waals surface area contributed by atoms with Gasteiger partial charge in [-0.3, -0.25) is 14.4 Å². The van der Waals surface area contributed by atoms with Gasteiger partial charge in [0.2, 0.25) is 17.7 Å². The van der Waals surface area contributed by atoms with Crippen LogP contribution in [-0.2, 0) is 30.3 Å². The minimum atomic E-state index is -0.968. The maximum Gasteiger partial charge on any atom is 0.328 e. The summed E-state index contributed by atoms with van der Waals surface area (Å²) in [7, 11) is 1.21. The maximum atomic E-state index is 12.2. The first-order valence-electron chi connectivity index (χ1n) is 7.92. The van der Waals surface area contributed by atoms with E-state index in [-0.39, 0.29) is 12.3 Å². The number of methoxy groups -OCH3 is 1. The average molecular weight is 347 g/mol. The van der Waals surface area contributed by atoms with Crippen LogP contribution in [0, 0.1) is 0 Å². The number of hydrogen-bond donors (Lipinski definition) is 3. The molecule has 25 heavy (non-hydrogen) atoms. The van der Waals surface area contributed by atoms with Gasteiger partial charge in [-0.15, -0.1) is 0 Å². The van der Waals surface area contributed by atoms with Crippen molar-refractivity contribution in [1.29, 1.82) is 0 Å². The summed E-state index contributed by atoms with van der Waals surface area (Å²) < 4.78 is 4.51. The number of rotatable bonds is 6. The Morgan fingerprint density at radius 1 is 1.12 bits per heavy atom. The molecule has 1 heterocycles. The number of carbonyl (C=O) groups is 4. The molecule has 8 nitrogen and oxygen atoms in total. The van der Waals surface area contributed by atoms with Gasteiger partial charge in [-0.2, -0.15) is 0 Å². The Morgan fingerprint density at radius 2 is 1.72 bits per heavy atom. The van der Waals surface area contributed by atoms with Gasteiger partial charge in [0.05, 0.1) is 13.5 Å². The number of hydrogen-bond acceptors (Lipinski definition) is 5. The molecule has 1 aliphatic rings. The number of amides is 3. The molecule has 0 aromatic heterocycles. The van der Waals surface area contributed by atoms with Crippen LogP contribution in [0.5, 0.6) is 0 Å². The van der Waals surface area contributed by atoms with E-state index in [1.165, 1.54) is 14.0 Å². The summed E-state index contributed by atoms with van der Waals surface area (Å²) >= 11 is 0. The zero-order valence-corrected chi connectivity index (χ0v) is 14.1. The van der Waals surface area contributed by atoms with Crippen molar-refractivity contribution < 1.29 is 23.9 Å². The third kappa shape index (κ3) is 5.03. The predicted molar refractivity (Wildman–Crippen MR) is 88.2 cm³/mol. The quantitative estimate of drug-likeness (QED) is 0.588. The minimum absolute atomic E-state index is 0.253. The van der Waals surface area contributed by atoms with Crippen LogP contribution in [0.15, 0.2) is 30.3 Å². The lowest BCUT2D eigenvalue weighted by Gasteiger charge is -2.29. The molecule has 0 aliphatic carbocycles. The smallest absolute Gasteiger partial charge is 0.328 e. The Labute approximate surface area is 145 Å². The number of benzene rings is 1. The first kappa shape index (κ1) is 18.4. The number of nitrogens with one attached hydrogen (secondary N) is 3. The molecule has 0 radical (unpaired) electrons. The summed E-state index contributed by atoms with van der Waals surface area (Å²) in [5.74, 6) is -1.89. The van der Waals surface area contributed by atoms with Crippen molar-refractivity contribution in [1.82, 2.24) is 16.0 Å². The van der Waals surface area contributed by atoms with E-state index in [1.54, 1.807) is 0 Å². The molecule has 0 bridgehead atoms. The van der Waals surface area contributed by atoms with Crippen molar-refractivity contribution in [3.8, 4) is 0 Å². The standard InChI is InChI=1S/C17H21N3O5/c1-10(17(24)25-2)18-14(21)9-13-16(23)19-12(15(22)20-13)8-11-6-4-3-5-7-11/h3-7,10,12-13H,8-9H2,1-2H3,(H,18,21)(H,19,23)(H,20,22)/t10-,12-,13-/m0/s1. The summed E-state index contributed by atoms with van der Waals surface area (Å²) in [5, 5.41) is 7.61. The van der Waals surface area contributed by atoms with Crippen molar-refractivity contribution in [3.63, 3.8) is 0 Å². The lowest BCUT2D eigenvalue weighted by atomic mass is 10.0. The minimum Gasteiger partial charge on any atom is -0.467 e. The highest BCUT2D eigenvalue weighted by Gasteiger charge is 2.35. The number of esters is 1. The van der Waals surface area contributed by atoms with E-state index in [4.69, 9.17) is 0 Å². The lowest BCUT2D eigenvalue weighted by Crippen LogP contribution is -2.63. The van der Waals surface area contributed by atoms with Gasteiger partial charge in [0.1, 0.15) is 18.1 Å². The molecule has 3 atom stereocenters. The van der Waals surface area contributed by atoms with Crippen LogP contribution in [0.1, 0.15) is 18.9 Å². The van der Waals surface area contributed by atoms with Gasteiger partial charge in [-0.25, -0.2) is 4.79 Å². The summed E-state index contributed by atoms with van der Waals surface area (Å²) in [6.07, 6.45) is 0.119. The largest absolute Gasteiger partial charge is 0.467 e. The molecule has 1 fully saturated rings. The number of piperazine rings is 1. The monoisotopic (exact) mass is 347 g/mol. The fourth-order valence-corrected chi connectivity index (χ4v) is 2.53. The van der Waals surface area contributed by atoms with Crippen LogP contribution in [0.3, 0.4) is 0 Å². The van der Waals surface area contributed by atoms with E-state index >= 15 is 0 Å². The highest BCUT2D eigenvalue weighted by Crippen LogP contribution is 2.08. The normalized spacial score (nSPS) is 20.9. The third-order valence-corrected chi connectivity index (χ3v) is 3.87. The van der Waals surface area contributed by atoms with E-state index in [0.717, 1.165) is 5.56 Å². The molecule has 134 valence electrons. The lowest BCUT2D eigenvalue weighted by molar-refractivity contribution is -0.145. The summed E-state index contributed by atoms with van der Waals surface area (Å²) in [5.41, 5.74) is 0.922. The SMILES string of the molecule is COC(=O)[C@H](C)NC(=O)C[C@@H]1NC(=O)[C@H](Cc2ccccc2)NC1=O. The van der Waals surface area contributed by atoms with E-state index in [2.05, 4.69) is 20.7 Å². The predicted octanol–water partition coefficient (Wildman–Crippen LogP) is -0.720. The Kier molecular flexibility index (Phi) is 6.10. The Morgan fingerprint density at radius 3 is 2.36 bits per heavy atom. The molecule has 3 N–H and O–H groups in total. The Bertz CT molecular complexity index is 662. The molecule has 1 saturated heterocycles. The van der Waals surface area contributed by atoms with Crippen molar-refractivity contribution in [2.45, 2.75) is 37.9 Å². The molecule has 3 amide bonds. The average Bonchev–Trinajstić information content (AvgIpc) is 2.59. The molecular weight excluding hydrogens is 326 g/mol. The first-order valence-corrected chi connectivity index (χ1v) is 7.92. The highest BCUT2D eigenvalue weighted by molar-refractivity contribution is 5.99. The molecule has 8 heteroatoms. The van der Waals surface area contributed by atoms with Crippen LogP contribution in [-0.4, -0.2) is 48.9 Å². The fraction of sp³-hybridized carbons (Fsp3) is 0.412. The van der Waals surface area contributed by atoms with Crippen molar-refractivity contribution >= 4 is 23.7 Å². The maximum absolute atomic E-state index is 12.2. The van der Waals surface area contributed by atoms with E-state index in [1.807, 2.05) is 30.3 Å². The second kappa shape index (κ2) is 8.27. The van der Waals surface area contributed by atoms with Gasteiger partial charge in [-0.1, -0.05) is 30.3 Å². The number of ether oxygens (including phenoxy) is 1. The second-order valence-corrected chi connectivity index (χ2v) is 5.83.